The largest absolute Gasteiger partial charge is 0.259 e. The van der Waals surface area contributed by atoms with Crippen molar-refractivity contribution >= 4 is 23.4 Å². The minimum Gasteiger partial charge on any atom is -0.259 e. The first kappa shape index (κ1) is 9.81. The van der Waals surface area contributed by atoms with Crippen LogP contribution in [0.4, 0.5) is 0 Å². The molecule has 0 bridgehead atoms. The van der Waals surface area contributed by atoms with Crippen LogP contribution in [0.1, 0.15) is 20.3 Å². The van der Waals surface area contributed by atoms with Gasteiger partial charge in [-0.2, -0.15) is 0 Å². The van der Waals surface area contributed by atoms with Gasteiger partial charge in [0.1, 0.15) is 10.2 Å². The van der Waals surface area contributed by atoms with Crippen molar-refractivity contribution in [1.29, 1.82) is 0 Å². The molecule has 4 heteroatoms. The molecule has 1 rings (SSSR count). The highest BCUT2D eigenvalue weighted by Crippen LogP contribution is 2.22. The fourth-order valence-corrected chi connectivity index (χ4v) is 1.72. The third-order valence-corrected chi connectivity index (χ3v) is 2.84. The van der Waals surface area contributed by atoms with E-state index in [1.807, 2.05) is 0 Å². The van der Waals surface area contributed by atoms with Crippen molar-refractivity contribution in [3.8, 4) is 0 Å². The molecule has 1 heterocycles. The van der Waals surface area contributed by atoms with Gasteiger partial charge in [-0.15, -0.1) is 11.8 Å². The molecule has 0 N–H and O–H groups in total. The van der Waals surface area contributed by atoms with Gasteiger partial charge in [0, 0.05) is 5.25 Å². The Hall–Kier alpha value is -0.280. The summed E-state index contributed by atoms with van der Waals surface area (Å²) in [6.07, 6.45) is 4.41. The van der Waals surface area contributed by atoms with Gasteiger partial charge in [-0.25, -0.2) is 4.98 Å². The van der Waals surface area contributed by atoms with E-state index in [9.17, 15) is 0 Å². The van der Waals surface area contributed by atoms with Gasteiger partial charge in [-0.05, 0) is 6.42 Å². The van der Waals surface area contributed by atoms with E-state index in [1.165, 1.54) is 0 Å². The van der Waals surface area contributed by atoms with Crippen molar-refractivity contribution in [3.63, 3.8) is 0 Å². The Balaban J connectivity index is 2.63. The summed E-state index contributed by atoms with van der Waals surface area (Å²) in [5.41, 5.74) is 0. The van der Waals surface area contributed by atoms with E-state index in [1.54, 1.807) is 24.2 Å². The van der Waals surface area contributed by atoms with Crippen molar-refractivity contribution in [2.24, 2.45) is 0 Å². The van der Waals surface area contributed by atoms with Gasteiger partial charge in [0.15, 0.2) is 0 Å². The zero-order valence-electron chi connectivity index (χ0n) is 7.12. The minimum atomic E-state index is 0.461. The summed E-state index contributed by atoms with van der Waals surface area (Å²) in [5.74, 6) is 0. The molecule has 0 radical (unpaired) electrons. The highest BCUT2D eigenvalue weighted by atomic mass is 35.5. The molecular weight excluding hydrogens is 192 g/mol. The molecule has 0 spiro atoms. The van der Waals surface area contributed by atoms with E-state index in [4.69, 9.17) is 11.6 Å². The molecule has 66 valence electrons. The number of halogens is 1. The average Bonchev–Trinajstić information content (AvgIpc) is 2.04. The van der Waals surface area contributed by atoms with Crippen LogP contribution in [0, 0.1) is 0 Å². The van der Waals surface area contributed by atoms with Gasteiger partial charge in [0.05, 0.1) is 12.4 Å². The van der Waals surface area contributed by atoms with Crippen LogP contribution in [0.15, 0.2) is 17.4 Å². The van der Waals surface area contributed by atoms with Gasteiger partial charge in [-0.3, -0.25) is 4.98 Å². The third-order valence-electron chi connectivity index (χ3n) is 1.48. The molecule has 0 aliphatic heterocycles. The molecule has 0 amide bonds. The van der Waals surface area contributed by atoms with Crippen molar-refractivity contribution in [2.45, 2.75) is 30.5 Å². The summed E-state index contributed by atoms with van der Waals surface area (Å²) in [6, 6.07) is 0. The van der Waals surface area contributed by atoms with Crippen LogP contribution >= 0.6 is 23.4 Å². The Bertz CT molecular complexity index is 255. The Morgan fingerprint density at radius 3 is 2.92 bits per heavy atom. The van der Waals surface area contributed by atoms with Crippen LogP contribution < -0.4 is 0 Å². The van der Waals surface area contributed by atoms with Crippen LogP contribution in [0.25, 0.3) is 0 Å². The van der Waals surface area contributed by atoms with Crippen LogP contribution in [0.5, 0.6) is 0 Å². The monoisotopic (exact) mass is 202 g/mol. The third kappa shape index (κ3) is 2.99. The first-order chi connectivity index (χ1) is 5.72. The van der Waals surface area contributed by atoms with E-state index in [0.717, 1.165) is 11.4 Å². The number of aromatic nitrogens is 2. The highest BCUT2D eigenvalue weighted by molar-refractivity contribution is 7.99. The lowest BCUT2D eigenvalue weighted by molar-refractivity contribution is 0.898. The van der Waals surface area contributed by atoms with Crippen molar-refractivity contribution < 1.29 is 0 Å². The van der Waals surface area contributed by atoms with Crippen molar-refractivity contribution in [1.82, 2.24) is 9.97 Å². The summed E-state index contributed by atoms with van der Waals surface area (Å²) in [4.78, 5) is 8.08. The molecule has 0 aliphatic rings. The summed E-state index contributed by atoms with van der Waals surface area (Å²) in [7, 11) is 0. The number of nitrogens with zero attached hydrogens (tertiary/aromatic N) is 2. The molecular formula is C8H11ClN2S. The topological polar surface area (TPSA) is 25.8 Å². The van der Waals surface area contributed by atoms with E-state index in [0.29, 0.717) is 10.4 Å². The second-order valence-electron chi connectivity index (χ2n) is 2.52. The van der Waals surface area contributed by atoms with E-state index >= 15 is 0 Å². The van der Waals surface area contributed by atoms with Gasteiger partial charge in [-0.1, -0.05) is 25.4 Å². The Morgan fingerprint density at radius 1 is 1.58 bits per heavy atom. The maximum atomic E-state index is 5.68. The van der Waals surface area contributed by atoms with E-state index < -0.39 is 0 Å². The normalized spacial score (nSPS) is 12.9. The quantitative estimate of drug-likeness (QED) is 0.705. The van der Waals surface area contributed by atoms with Gasteiger partial charge in [0.25, 0.3) is 0 Å². The second-order valence-corrected chi connectivity index (χ2v) is 4.36. The van der Waals surface area contributed by atoms with Crippen LogP contribution in [0.2, 0.25) is 5.15 Å². The Kier molecular flexibility index (Phi) is 3.82. The van der Waals surface area contributed by atoms with Crippen molar-refractivity contribution in [2.75, 3.05) is 0 Å². The molecule has 1 aromatic heterocycles. The van der Waals surface area contributed by atoms with Gasteiger partial charge >= 0.3 is 0 Å². The first-order valence-corrected chi connectivity index (χ1v) is 5.12. The molecule has 0 aliphatic carbocycles. The molecule has 12 heavy (non-hydrogen) atoms. The van der Waals surface area contributed by atoms with Gasteiger partial charge in [0.2, 0.25) is 0 Å². The maximum absolute atomic E-state index is 5.68. The van der Waals surface area contributed by atoms with Crippen LogP contribution in [0.3, 0.4) is 0 Å². The molecule has 1 atom stereocenters. The maximum Gasteiger partial charge on any atom is 0.148 e. The lowest BCUT2D eigenvalue weighted by Crippen LogP contribution is -1.94. The Morgan fingerprint density at radius 2 is 2.33 bits per heavy atom. The summed E-state index contributed by atoms with van der Waals surface area (Å²) < 4.78 is 0. The standard InChI is InChI=1S/C8H11ClN2S/c1-3-6(2)12-8-5-10-4-7(9)11-8/h4-6H,3H2,1-2H3. The molecule has 1 aromatic rings. The summed E-state index contributed by atoms with van der Waals surface area (Å²) in [5, 5.41) is 1.93. The lowest BCUT2D eigenvalue weighted by Gasteiger charge is -2.05. The minimum absolute atomic E-state index is 0.461. The number of hydrogen-bond donors (Lipinski definition) is 0. The smallest absolute Gasteiger partial charge is 0.148 e. The lowest BCUT2D eigenvalue weighted by atomic mass is 10.4. The molecule has 0 aromatic carbocycles. The zero-order chi connectivity index (χ0) is 8.97. The number of rotatable bonds is 3. The van der Waals surface area contributed by atoms with E-state index in [-0.39, 0.29) is 0 Å². The summed E-state index contributed by atoms with van der Waals surface area (Å²) in [6.45, 7) is 4.31. The molecule has 0 fully saturated rings. The SMILES string of the molecule is CCC(C)Sc1cncc(Cl)n1. The highest BCUT2D eigenvalue weighted by Gasteiger charge is 2.03. The van der Waals surface area contributed by atoms with Crippen LogP contribution in [-0.2, 0) is 0 Å². The molecule has 1 unspecified atom stereocenters. The molecule has 0 saturated heterocycles. The molecule has 0 saturated carbocycles. The fraction of sp³-hybridized carbons (Fsp3) is 0.500. The predicted molar refractivity (Wildman–Crippen MR) is 52.7 cm³/mol. The van der Waals surface area contributed by atoms with Crippen molar-refractivity contribution in [3.05, 3.63) is 17.5 Å². The number of thioether (sulfide) groups is 1. The second kappa shape index (κ2) is 4.67. The van der Waals surface area contributed by atoms with E-state index in [2.05, 4.69) is 23.8 Å². The predicted octanol–water partition coefficient (Wildman–Crippen LogP) is 3.02. The average molecular weight is 203 g/mol. The Labute approximate surface area is 81.8 Å². The molecule has 2 nitrogen and oxygen atoms in total. The first-order valence-electron chi connectivity index (χ1n) is 3.86. The van der Waals surface area contributed by atoms with Gasteiger partial charge < -0.3 is 0 Å². The van der Waals surface area contributed by atoms with Crippen LogP contribution in [-0.4, -0.2) is 15.2 Å². The zero-order valence-corrected chi connectivity index (χ0v) is 8.69. The fourth-order valence-electron chi connectivity index (χ4n) is 0.672. The number of hydrogen-bond acceptors (Lipinski definition) is 3. The summed E-state index contributed by atoms with van der Waals surface area (Å²) >= 11 is 7.38.